The molecule has 1 aliphatic heterocycles. The second-order valence-electron chi connectivity index (χ2n) is 7.27. The van der Waals surface area contributed by atoms with Gasteiger partial charge in [-0.1, -0.05) is 42.4 Å². The average molecular weight is 377 g/mol. The summed E-state index contributed by atoms with van der Waals surface area (Å²) in [4.78, 5) is 24.3. The Morgan fingerprint density at radius 3 is 2.75 bits per heavy atom. The lowest BCUT2D eigenvalue weighted by molar-refractivity contribution is 0.102. The largest absolute Gasteiger partial charge is 0.360 e. The second kappa shape index (κ2) is 7.80. The maximum Gasteiger partial charge on any atom is 0.275 e. The zero-order valence-electron chi connectivity index (χ0n) is 16.1. The molecular formula is C21H23N5O2. The molecule has 0 radical (unpaired) electrons. The highest BCUT2D eigenvalue weighted by Crippen LogP contribution is 2.25. The maximum absolute atomic E-state index is 12.8. The Balaban J connectivity index is 1.70. The van der Waals surface area contributed by atoms with E-state index in [1.807, 2.05) is 30.3 Å². The number of carbonyl (C=O) groups is 1. The molecule has 1 amide bonds. The van der Waals surface area contributed by atoms with Crippen LogP contribution in [0.4, 0.5) is 11.6 Å². The quantitative estimate of drug-likeness (QED) is 0.742. The van der Waals surface area contributed by atoms with Crippen molar-refractivity contribution >= 4 is 17.5 Å². The molecule has 0 spiro atoms. The molecule has 1 N–H and O–H groups in total. The number of piperidine rings is 1. The lowest BCUT2D eigenvalue weighted by atomic mass is 10.0. The Kier molecular flexibility index (Phi) is 5.06. The molecule has 0 aliphatic carbocycles. The van der Waals surface area contributed by atoms with Gasteiger partial charge in [-0.15, -0.1) is 0 Å². The van der Waals surface area contributed by atoms with Crippen LogP contribution in [0.15, 0.2) is 47.0 Å². The van der Waals surface area contributed by atoms with Crippen molar-refractivity contribution in [2.75, 3.05) is 23.3 Å². The SMILES string of the molecule is Cc1cc(NC(=O)c2cc(N3CCCC(C)C3)nc(-c3ccccc3)n2)no1. The molecule has 1 fully saturated rings. The van der Waals surface area contributed by atoms with Gasteiger partial charge in [0, 0.05) is 30.8 Å². The molecule has 0 bridgehead atoms. The molecule has 1 atom stereocenters. The smallest absolute Gasteiger partial charge is 0.275 e. The molecule has 3 aromatic rings. The number of hydrogen-bond acceptors (Lipinski definition) is 6. The van der Waals surface area contributed by atoms with Crippen molar-refractivity contribution in [3.63, 3.8) is 0 Å². The lowest BCUT2D eigenvalue weighted by Gasteiger charge is -2.32. The summed E-state index contributed by atoms with van der Waals surface area (Å²) in [5.41, 5.74) is 1.18. The van der Waals surface area contributed by atoms with Crippen LogP contribution in [0.25, 0.3) is 11.4 Å². The highest BCUT2D eigenvalue weighted by atomic mass is 16.5. The predicted octanol–water partition coefficient (Wildman–Crippen LogP) is 3.93. The molecule has 1 unspecified atom stereocenters. The van der Waals surface area contributed by atoms with E-state index in [0.717, 1.165) is 30.9 Å². The van der Waals surface area contributed by atoms with Crippen molar-refractivity contribution in [3.05, 3.63) is 53.9 Å². The fraction of sp³-hybridized carbons (Fsp3) is 0.333. The third-order valence-corrected chi connectivity index (χ3v) is 4.83. The molecule has 1 saturated heterocycles. The van der Waals surface area contributed by atoms with E-state index in [1.165, 1.54) is 6.42 Å². The molecule has 1 aliphatic rings. The van der Waals surface area contributed by atoms with Crippen LogP contribution >= 0.6 is 0 Å². The van der Waals surface area contributed by atoms with E-state index in [0.29, 0.717) is 29.0 Å². The van der Waals surface area contributed by atoms with E-state index in [9.17, 15) is 4.79 Å². The third kappa shape index (κ3) is 4.03. The summed E-state index contributed by atoms with van der Waals surface area (Å²) in [5.74, 6) is 2.58. The van der Waals surface area contributed by atoms with Crippen molar-refractivity contribution in [2.24, 2.45) is 5.92 Å². The van der Waals surface area contributed by atoms with Gasteiger partial charge in [-0.05, 0) is 25.7 Å². The Hall–Kier alpha value is -3.22. The molecule has 144 valence electrons. The van der Waals surface area contributed by atoms with Gasteiger partial charge in [0.2, 0.25) is 0 Å². The van der Waals surface area contributed by atoms with Crippen LogP contribution in [0.3, 0.4) is 0 Å². The Labute approximate surface area is 163 Å². The number of nitrogens with zero attached hydrogens (tertiary/aromatic N) is 4. The Morgan fingerprint density at radius 1 is 1.21 bits per heavy atom. The molecule has 4 rings (SSSR count). The van der Waals surface area contributed by atoms with E-state index in [-0.39, 0.29) is 5.91 Å². The topological polar surface area (TPSA) is 84.2 Å². The van der Waals surface area contributed by atoms with Gasteiger partial charge in [-0.2, -0.15) is 0 Å². The summed E-state index contributed by atoms with van der Waals surface area (Å²) >= 11 is 0. The van der Waals surface area contributed by atoms with Crippen molar-refractivity contribution in [1.82, 2.24) is 15.1 Å². The third-order valence-electron chi connectivity index (χ3n) is 4.83. The van der Waals surface area contributed by atoms with Gasteiger partial charge in [-0.3, -0.25) is 4.79 Å². The molecule has 1 aromatic carbocycles. The first-order valence-corrected chi connectivity index (χ1v) is 9.52. The number of anilines is 2. The van der Waals surface area contributed by atoms with Crippen LogP contribution in [-0.2, 0) is 0 Å². The van der Waals surface area contributed by atoms with Crippen LogP contribution < -0.4 is 10.2 Å². The number of aromatic nitrogens is 3. The van der Waals surface area contributed by atoms with E-state index < -0.39 is 0 Å². The summed E-state index contributed by atoms with van der Waals surface area (Å²) in [6, 6.07) is 13.1. The number of amides is 1. The van der Waals surface area contributed by atoms with Crippen molar-refractivity contribution in [3.8, 4) is 11.4 Å². The number of benzene rings is 1. The van der Waals surface area contributed by atoms with E-state index >= 15 is 0 Å². The van der Waals surface area contributed by atoms with Crippen LogP contribution in [0, 0.1) is 12.8 Å². The van der Waals surface area contributed by atoms with Crippen molar-refractivity contribution < 1.29 is 9.32 Å². The summed E-state index contributed by atoms with van der Waals surface area (Å²) < 4.78 is 5.02. The van der Waals surface area contributed by atoms with Gasteiger partial charge in [0.15, 0.2) is 11.6 Å². The minimum atomic E-state index is -0.334. The predicted molar refractivity (Wildman–Crippen MR) is 107 cm³/mol. The van der Waals surface area contributed by atoms with Crippen LogP contribution in [0.5, 0.6) is 0 Å². The van der Waals surface area contributed by atoms with Crippen LogP contribution in [0.2, 0.25) is 0 Å². The number of aryl methyl sites for hydroxylation is 1. The van der Waals surface area contributed by atoms with Gasteiger partial charge in [-0.25, -0.2) is 9.97 Å². The summed E-state index contributed by atoms with van der Waals surface area (Å²) in [5, 5.41) is 6.57. The van der Waals surface area contributed by atoms with E-state index in [2.05, 4.69) is 27.3 Å². The Bertz CT molecular complexity index is 970. The van der Waals surface area contributed by atoms with Gasteiger partial charge in [0.05, 0.1) is 0 Å². The van der Waals surface area contributed by atoms with E-state index in [1.54, 1.807) is 19.1 Å². The normalized spacial score (nSPS) is 16.8. The maximum atomic E-state index is 12.8. The fourth-order valence-electron chi connectivity index (χ4n) is 3.43. The summed E-state index contributed by atoms with van der Waals surface area (Å²) in [7, 11) is 0. The summed E-state index contributed by atoms with van der Waals surface area (Å²) in [6.07, 6.45) is 2.33. The highest BCUT2D eigenvalue weighted by Gasteiger charge is 2.21. The second-order valence-corrected chi connectivity index (χ2v) is 7.27. The zero-order chi connectivity index (χ0) is 19.5. The first-order valence-electron chi connectivity index (χ1n) is 9.52. The number of carbonyl (C=O) groups excluding carboxylic acids is 1. The standard InChI is InChI=1S/C21H23N5O2/c1-14-7-6-10-26(13-14)19-12-17(21(27)23-18-11-15(2)28-25-18)22-20(24-19)16-8-4-3-5-9-16/h3-5,8-9,11-12,14H,6-7,10,13H2,1-2H3,(H,23,25,27). The van der Waals surface area contributed by atoms with Crippen LogP contribution in [0.1, 0.15) is 36.0 Å². The molecule has 7 nitrogen and oxygen atoms in total. The lowest BCUT2D eigenvalue weighted by Crippen LogP contribution is -2.35. The minimum Gasteiger partial charge on any atom is -0.360 e. The average Bonchev–Trinajstić information content (AvgIpc) is 3.13. The van der Waals surface area contributed by atoms with Crippen molar-refractivity contribution in [1.29, 1.82) is 0 Å². The molecule has 0 saturated carbocycles. The first-order chi connectivity index (χ1) is 13.6. The molecule has 28 heavy (non-hydrogen) atoms. The molecular weight excluding hydrogens is 354 g/mol. The molecule has 3 heterocycles. The van der Waals surface area contributed by atoms with Gasteiger partial charge in [0.25, 0.3) is 5.91 Å². The zero-order valence-corrected chi connectivity index (χ0v) is 16.1. The van der Waals surface area contributed by atoms with Crippen LogP contribution in [-0.4, -0.2) is 34.1 Å². The number of nitrogens with one attached hydrogen (secondary N) is 1. The van der Waals surface area contributed by atoms with Gasteiger partial charge >= 0.3 is 0 Å². The Morgan fingerprint density at radius 2 is 2.04 bits per heavy atom. The summed E-state index contributed by atoms with van der Waals surface area (Å²) in [6.45, 7) is 5.87. The number of rotatable bonds is 4. The fourth-order valence-corrected chi connectivity index (χ4v) is 3.43. The minimum absolute atomic E-state index is 0.308. The highest BCUT2D eigenvalue weighted by molar-refractivity contribution is 6.03. The molecule has 2 aromatic heterocycles. The monoisotopic (exact) mass is 377 g/mol. The van der Waals surface area contributed by atoms with Gasteiger partial charge < -0.3 is 14.7 Å². The van der Waals surface area contributed by atoms with Gasteiger partial charge in [0.1, 0.15) is 17.3 Å². The van der Waals surface area contributed by atoms with E-state index in [4.69, 9.17) is 9.51 Å². The molecule has 7 heteroatoms. The first kappa shape index (κ1) is 18.2. The number of hydrogen-bond donors (Lipinski definition) is 1. The van der Waals surface area contributed by atoms with Crippen molar-refractivity contribution in [2.45, 2.75) is 26.7 Å².